The van der Waals surface area contributed by atoms with Crippen molar-refractivity contribution in [2.75, 3.05) is 18.0 Å². The molecule has 3 rings (SSSR count). The molecule has 0 unspecified atom stereocenters. The van der Waals surface area contributed by atoms with Crippen molar-refractivity contribution in [1.29, 1.82) is 0 Å². The highest BCUT2D eigenvalue weighted by atomic mass is 19.4. The molecule has 0 N–H and O–H groups in total. The predicted octanol–water partition coefficient (Wildman–Crippen LogP) is 2.00. The molecule has 0 aromatic carbocycles. The molecule has 2 aromatic heterocycles. The number of nitrogens with zero attached hydrogens (tertiary/aromatic N) is 6. The summed E-state index contributed by atoms with van der Waals surface area (Å²) in [5.41, 5.74) is -0.907. The van der Waals surface area contributed by atoms with Crippen LogP contribution in [0.4, 0.5) is 19.1 Å². The van der Waals surface area contributed by atoms with Crippen molar-refractivity contribution in [2.24, 2.45) is 5.92 Å². The molecule has 1 fully saturated rings. The Balaban J connectivity index is 1.72. The molecule has 9 heteroatoms. The molecule has 1 saturated heterocycles. The highest BCUT2D eigenvalue weighted by Crippen LogP contribution is 2.29. The normalized spacial score (nSPS) is 19.4. The van der Waals surface area contributed by atoms with Gasteiger partial charge in [0, 0.05) is 25.8 Å². The van der Waals surface area contributed by atoms with Crippen molar-refractivity contribution in [3.63, 3.8) is 0 Å². The highest BCUT2D eigenvalue weighted by Gasteiger charge is 2.33. The van der Waals surface area contributed by atoms with Gasteiger partial charge in [-0.05, 0) is 24.8 Å². The molecule has 0 bridgehead atoms. The Morgan fingerprint density at radius 2 is 2.18 bits per heavy atom. The van der Waals surface area contributed by atoms with E-state index in [0.717, 1.165) is 25.1 Å². The third-order valence-electron chi connectivity index (χ3n) is 3.65. The fourth-order valence-electron chi connectivity index (χ4n) is 2.65. The first-order valence-corrected chi connectivity index (χ1v) is 7.00. The Labute approximate surface area is 125 Å². The van der Waals surface area contributed by atoms with Crippen LogP contribution in [0.5, 0.6) is 0 Å². The Bertz CT molecular complexity index is 612. The monoisotopic (exact) mass is 312 g/mol. The fraction of sp³-hybridized carbons (Fsp3) is 0.538. The maximum Gasteiger partial charge on any atom is 0.433 e. The van der Waals surface area contributed by atoms with Gasteiger partial charge in [-0.3, -0.25) is 4.68 Å². The summed E-state index contributed by atoms with van der Waals surface area (Å²) in [6.07, 6.45) is 1.70. The van der Waals surface area contributed by atoms with Gasteiger partial charge in [0.05, 0.1) is 0 Å². The van der Waals surface area contributed by atoms with Gasteiger partial charge in [0.1, 0.15) is 18.3 Å². The van der Waals surface area contributed by atoms with Gasteiger partial charge in [0.15, 0.2) is 0 Å². The van der Waals surface area contributed by atoms with Gasteiger partial charge < -0.3 is 4.90 Å². The number of hydrogen-bond donors (Lipinski definition) is 0. The van der Waals surface area contributed by atoms with E-state index in [2.05, 4.69) is 20.1 Å². The first-order chi connectivity index (χ1) is 10.5. The quantitative estimate of drug-likeness (QED) is 0.867. The van der Waals surface area contributed by atoms with Gasteiger partial charge in [-0.15, -0.1) is 0 Å². The van der Waals surface area contributed by atoms with Crippen LogP contribution in [0.1, 0.15) is 18.5 Å². The van der Waals surface area contributed by atoms with E-state index in [9.17, 15) is 13.2 Å². The fourth-order valence-corrected chi connectivity index (χ4v) is 2.65. The molecular weight excluding hydrogens is 297 g/mol. The second-order valence-corrected chi connectivity index (χ2v) is 5.31. The number of hydrogen-bond acceptors (Lipinski definition) is 5. The molecule has 6 nitrogen and oxygen atoms in total. The van der Waals surface area contributed by atoms with Crippen molar-refractivity contribution in [3.05, 3.63) is 30.6 Å². The summed E-state index contributed by atoms with van der Waals surface area (Å²) >= 11 is 0. The summed E-state index contributed by atoms with van der Waals surface area (Å²) < 4.78 is 39.9. The lowest BCUT2D eigenvalue weighted by atomic mass is 9.98. The lowest BCUT2D eigenvalue weighted by Crippen LogP contribution is -2.38. The van der Waals surface area contributed by atoms with Gasteiger partial charge in [-0.25, -0.2) is 15.0 Å². The van der Waals surface area contributed by atoms with Gasteiger partial charge in [-0.2, -0.15) is 18.3 Å². The summed E-state index contributed by atoms with van der Waals surface area (Å²) in [5.74, 6) is 0.423. The summed E-state index contributed by atoms with van der Waals surface area (Å²) in [6, 6.07) is 0.889. The molecule has 1 atom stereocenters. The predicted molar refractivity (Wildman–Crippen MR) is 72.0 cm³/mol. The molecule has 3 heterocycles. The van der Waals surface area contributed by atoms with E-state index in [-0.39, 0.29) is 11.9 Å². The third kappa shape index (κ3) is 3.34. The topological polar surface area (TPSA) is 59.7 Å². The lowest BCUT2D eigenvalue weighted by Gasteiger charge is -2.32. The summed E-state index contributed by atoms with van der Waals surface area (Å²) in [7, 11) is 0. The summed E-state index contributed by atoms with van der Waals surface area (Å²) in [4.78, 5) is 13.3. The van der Waals surface area contributed by atoms with Crippen LogP contribution in [0.2, 0.25) is 0 Å². The van der Waals surface area contributed by atoms with E-state index in [1.165, 1.54) is 6.33 Å². The minimum absolute atomic E-state index is 0.137. The molecule has 1 aliphatic heterocycles. The molecule has 1 aliphatic rings. The van der Waals surface area contributed by atoms with Crippen LogP contribution in [0.25, 0.3) is 0 Å². The van der Waals surface area contributed by atoms with Crippen LogP contribution in [0, 0.1) is 5.92 Å². The van der Waals surface area contributed by atoms with Gasteiger partial charge in [0.25, 0.3) is 0 Å². The molecule has 0 spiro atoms. The Kier molecular flexibility index (Phi) is 3.95. The SMILES string of the molecule is FC(F)(F)c1ccnc(N2CCC[C@@H](Cn3cncn3)C2)n1. The van der Waals surface area contributed by atoms with Crippen molar-refractivity contribution in [2.45, 2.75) is 25.6 Å². The molecule has 22 heavy (non-hydrogen) atoms. The zero-order valence-corrected chi connectivity index (χ0v) is 11.7. The number of rotatable bonds is 3. The van der Waals surface area contributed by atoms with Crippen molar-refractivity contribution in [1.82, 2.24) is 24.7 Å². The van der Waals surface area contributed by atoms with Crippen LogP contribution < -0.4 is 4.90 Å². The number of anilines is 1. The van der Waals surface area contributed by atoms with E-state index >= 15 is 0 Å². The second kappa shape index (κ2) is 5.90. The minimum Gasteiger partial charge on any atom is -0.340 e. The Hall–Kier alpha value is -2.19. The van der Waals surface area contributed by atoms with Crippen molar-refractivity contribution >= 4 is 5.95 Å². The van der Waals surface area contributed by atoms with Gasteiger partial charge >= 0.3 is 6.18 Å². The molecule has 118 valence electrons. The molecular formula is C13H15F3N6. The number of halogens is 3. The highest BCUT2D eigenvalue weighted by molar-refractivity contribution is 5.31. The molecule has 0 amide bonds. The second-order valence-electron chi connectivity index (χ2n) is 5.31. The van der Waals surface area contributed by atoms with E-state index in [1.54, 1.807) is 15.9 Å². The largest absolute Gasteiger partial charge is 0.433 e. The van der Waals surface area contributed by atoms with E-state index in [0.29, 0.717) is 19.6 Å². The summed E-state index contributed by atoms with van der Waals surface area (Å²) in [6.45, 7) is 1.96. The molecule has 0 radical (unpaired) electrons. The van der Waals surface area contributed by atoms with Crippen LogP contribution in [-0.4, -0.2) is 37.8 Å². The van der Waals surface area contributed by atoms with E-state index < -0.39 is 11.9 Å². The lowest BCUT2D eigenvalue weighted by molar-refractivity contribution is -0.141. The summed E-state index contributed by atoms with van der Waals surface area (Å²) in [5, 5.41) is 4.06. The smallest absolute Gasteiger partial charge is 0.340 e. The maximum atomic E-state index is 12.7. The zero-order chi connectivity index (χ0) is 15.6. The maximum absolute atomic E-state index is 12.7. The van der Waals surface area contributed by atoms with Crippen LogP contribution in [0.15, 0.2) is 24.9 Å². The average molecular weight is 312 g/mol. The zero-order valence-electron chi connectivity index (χ0n) is 11.7. The van der Waals surface area contributed by atoms with Gasteiger partial charge in [-0.1, -0.05) is 0 Å². The minimum atomic E-state index is -4.45. The van der Waals surface area contributed by atoms with Crippen LogP contribution in [0.3, 0.4) is 0 Å². The van der Waals surface area contributed by atoms with Gasteiger partial charge in [0.2, 0.25) is 5.95 Å². The first kappa shape index (κ1) is 14.7. The van der Waals surface area contributed by atoms with E-state index in [1.807, 2.05) is 0 Å². The van der Waals surface area contributed by atoms with Crippen LogP contribution >= 0.6 is 0 Å². The van der Waals surface area contributed by atoms with E-state index in [4.69, 9.17) is 0 Å². The van der Waals surface area contributed by atoms with Crippen molar-refractivity contribution < 1.29 is 13.2 Å². The standard InChI is InChI=1S/C13H15F3N6/c14-13(15,16)11-3-4-18-12(20-11)21-5-1-2-10(6-21)7-22-9-17-8-19-22/h3-4,8-10H,1-2,5-7H2/t10-/m1/s1. The number of aromatic nitrogens is 5. The van der Waals surface area contributed by atoms with Crippen LogP contribution in [-0.2, 0) is 12.7 Å². The Morgan fingerprint density at radius 1 is 1.32 bits per heavy atom. The average Bonchev–Trinajstić information content (AvgIpc) is 3.00. The van der Waals surface area contributed by atoms with Crippen molar-refractivity contribution in [3.8, 4) is 0 Å². The number of piperidine rings is 1. The number of alkyl halides is 3. The third-order valence-corrected chi connectivity index (χ3v) is 3.65. The first-order valence-electron chi connectivity index (χ1n) is 7.00. The molecule has 0 aliphatic carbocycles. The molecule has 2 aromatic rings. The Morgan fingerprint density at radius 3 is 2.91 bits per heavy atom. The molecule has 0 saturated carbocycles.